The molecule has 0 bridgehead atoms. The van der Waals surface area contributed by atoms with Crippen molar-refractivity contribution in [3.05, 3.63) is 41.2 Å². The second kappa shape index (κ2) is 5.72. The SMILES string of the molecule is CCCC(=O)O[C@@H]1C=C[C@@]2(C)c3ccc(C)nc3[C@@]2(C(=O)OC)C1. The maximum Gasteiger partial charge on any atom is 0.319 e. The monoisotopic (exact) mass is 329 g/mol. The molecule has 0 aromatic carbocycles. The molecule has 0 radical (unpaired) electrons. The first-order valence-electron chi connectivity index (χ1n) is 8.35. The van der Waals surface area contributed by atoms with Crippen molar-refractivity contribution < 1.29 is 19.1 Å². The topological polar surface area (TPSA) is 65.5 Å². The number of aromatic nitrogens is 1. The molecule has 0 amide bonds. The summed E-state index contributed by atoms with van der Waals surface area (Å²) in [6.07, 6.45) is 4.89. The molecule has 128 valence electrons. The lowest BCUT2D eigenvalue weighted by atomic mass is 9.45. The molecule has 2 aliphatic carbocycles. The van der Waals surface area contributed by atoms with Crippen molar-refractivity contribution in [2.75, 3.05) is 7.11 Å². The summed E-state index contributed by atoms with van der Waals surface area (Å²) < 4.78 is 10.7. The molecule has 1 aromatic rings. The Labute approximate surface area is 142 Å². The molecule has 0 saturated carbocycles. The quantitative estimate of drug-likeness (QED) is 0.628. The summed E-state index contributed by atoms with van der Waals surface area (Å²) in [5, 5.41) is 0. The van der Waals surface area contributed by atoms with Crippen LogP contribution in [-0.2, 0) is 29.9 Å². The summed E-state index contributed by atoms with van der Waals surface area (Å²) in [6.45, 7) is 5.85. The summed E-state index contributed by atoms with van der Waals surface area (Å²) in [7, 11) is 1.39. The molecule has 0 unspecified atom stereocenters. The van der Waals surface area contributed by atoms with E-state index in [1.165, 1.54) is 7.11 Å². The highest BCUT2D eigenvalue weighted by Gasteiger charge is 2.68. The number of methoxy groups -OCH3 is 1. The second-order valence-electron chi connectivity index (χ2n) is 6.79. The van der Waals surface area contributed by atoms with Gasteiger partial charge in [-0.1, -0.05) is 26.0 Å². The van der Waals surface area contributed by atoms with Crippen molar-refractivity contribution in [3.63, 3.8) is 0 Å². The maximum absolute atomic E-state index is 12.7. The number of ether oxygens (including phenoxy) is 2. The van der Waals surface area contributed by atoms with Crippen molar-refractivity contribution in [1.82, 2.24) is 4.98 Å². The Kier molecular flexibility index (Phi) is 3.98. The van der Waals surface area contributed by atoms with E-state index in [4.69, 9.17) is 9.47 Å². The first kappa shape index (κ1) is 16.7. The number of hydrogen-bond acceptors (Lipinski definition) is 5. The number of esters is 2. The predicted octanol–water partition coefficient (Wildman–Crippen LogP) is 2.74. The van der Waals surface area contributed by atoms with Crippen LogP contribution in [0.4, 0.5) is 0 Å². The first-order chi connectivity index (χ1) is 11.4. The van der Waals surface area contributed by atoms with E-state index in [0.29, 0.717) is 12.8 Å². The van der Waals surface area contributed by atoms with E-state index in [9.17, 15) is 9.59 Å². The minimum atomic E-state index is -0.894. The first-order valence-corrected chi connectivity index (χ1v) is 8.35. The maximum atomic E-state index is 12.7. The molecule has 3 atom stereocenters. The number of carbonyl (C=O) groups is 2. The van der Waals surface area contributed by atoms with Crippen molar-refractivity contribution >= 4 is 11.9 Å². The van der Waals surface area contributed by atoms with Gasteiger partial charge in [0.25, 0.3) is 0 Å². The van der Waals surface area contributed by atoms with Gasteiger partial charge in [-0.2, -0.15) is 0 Å². The number of pyridine rings is 1. The van der Waals surface area contributed by atoms with Crippen LogP contribution < -0.4 is 0 Å². The number of allylic oxidation sites excluding steroid dienone is 1. The fourth-order valence-electron chi connectivity index (χ4n) is 4.00. The van der Waals surface area contributed by atoms with Crippen molar-refractivity contribution in [2.24, 2.45) is 0 Å². The number of fused-ring (bicyclic) bond motifs is 4. The summed E-state index contributed by atoms with van der Waals surface area (Å²) in [6, 6.07) is 3.97. The van der Waals surface area contributed by atoms with Gasteiger partial charge in [-0.05, 0) is 31.1 Å². The van der Waals surface area contributed by atoms with Gasteiger partial charge in [-0.15, -0.1) is 0 Å². The fraction of sp³-hybridized carbons (Fsp3) is 0.526. The fourth-order valence-corrected chi connectivity index (χ4v) is 4.00. The molecule has 1 aromatic heterocycles. The number of nitrogens with zero attached hydrogens (tertiary/aromatic N) is 1. The second-order valence-corrected chi connectivity index (χ2v) is 6.79. The number of aryl methyl sites for hydroxylation is 1. The van der Waals surface area contributed by atoms with Gasteiger partial charge < -0.3 is 9.47 Å². The van der Waals surface area contributed by atoms with Crippen LogP contribution in [0.25, 0.3) is 0 Å². The van der Waals surface area contributed by atoms with Crippen molar-refractivity contribution in [1.29, 1.82) is 0 Å². The van der Waals surface area contributed by atoms with Gasteiger partial charge in [-0.3, -0.25) is 14.6 Å². The highest BCUT2D eigenvalue weighted by molar-refractivity contribution is 5.91. The lowest BCUT2D eigenvalue weighted by Crippen LogP contribution is -2.64. The van der Waals surface area contributed by atoms with Gasteiger partial charge in [0.15, 0.2) is 0 Å². The lowest BCUT2D eigenvalue weighted by molar-refractivity contribution is -0.159. The van der Waals surface area contributed by atoms with E-state index in [-0.39, 0.29) is 11.9 Å². The molecule has 24 heavy (non-hydrogen) atoms. The standard InChI is InChI=1S/C19H23NO4/c1-5-6-15(21)24-13-9-10-18(3)14-8-7-12(2)20-16(14)19(18,11-13)17(22)23-4/h7-10,13H,5-6,11H2,1-4H3/t13-,18+,19-/m1/s1. The summed E-state index contributed by atoms with van der Waals surface area (Å²) in [5.41, 5.74) is 1.26. The Morgan fingerprint density at radius 1 is 1.38 bits per heavy atom. The molecule has 0 N–H and O–H groups in total. The summed E-state index contributed by atoms with van der Waals surface area (Å²) in [4.78, 5) is 29.2. The van der Waals surface area contributed by atoms with Gasteiger partial charge in [0.2, 0.25) is 0 Å². The highest BCUT2D eigenvalue weighted by atomic mass is 16.5. The van der Waals surface area contributed by atoms with E-state index < -0.39 is 16.9 Å². The van der Waals surface area contributed by atoms with Crippen LogP contribution in [-0.4, -0.2) is 30.1 Å². The van der Waals surface area contributed by atoms with Gasteiger partial charge in [0.05, 0.1) is 12.8 Å². The van der Waals surface area contributed by atoms with Crippen molar-refractivity contribution in [2.45, 2.75) is 57.0 Å². The van der Waals surface area contributed by atoms with Crippen molar-refractivity contribution in [3.8, 4) is 0 Å². The van der Waals surface area contributed by atoms with Gasteiger partial charge >= 0.3 is 11.9 Å². The molecular formula is C19H23NO4. The van der Waals surface area contributed by atoms with E-state index in [2.05, 4.69) is 4.98 Å². The van der Waals surface area contributed by atoms with Crippen LogP contribution in [0.3, 0.4) is 0 Å². The number of rotatable bonds is 4. The Morgan fingerprint density at radius 3 is 2.79 bits per heavy atom. The summed E-state index contributed by atoms with van der Waals surface area (Å²) in [5.74, 6) is -0.566. The number of carbonyl (C=O) groups excluding carboxylic acids is 2. The van der Waals surface area contributed by atoms with Crippen LogP contribution in [0.15, 0.2) is 24.3 Å². The van der Waals surface area contributed by atoms with Crippen LogP contribution >= 0.6 is 0 Å². The van der Waals surface area contributed by atoms with E-state index in [1.54, 1.807) is 0 Å². The third kappa shape index (κ3) is 2.10. The van der Waals surface area contributed by atoms with Crippen LogP contribution in [0, 0.1) is 6.92 Å². The lowest BCUT2D eigenvalue weighted by Gasteiger charge is -2.57. The third-order valence-corrected chi connectivity index (χ3v) is 5.31. The average Bonchev–Trinajstić information content (AvgIpc) is 2.55. The zero-order valence-electron chi connectivity index (χ0n) is 14.6. The molecule has 1 heterocycles. The van der Waals surface area contributed by atoms with E-state index in [1.807, 2.05) is 45.1 Å². The Morgan fingerprint density at radius 2 is 2.12 bits per heavy atom. The summed E-state index contributed by atoms with van der Waals surface area (Å²) >= 11 is 0. The Balaban J connectivity index is 2.02. The van der Waals surface area contributed by atoms with Gasteiger partial charge in [-0.25, -0.2) is 0 Å². The van der Waals surface area contributed by atoms with Crippen LogP contribution in [0.5, 0.6) is 0 Å². The molecule has 2 aliphatic rings. The van der Waals surface area contributed by atoms with Gasteiger partial charge in [0, 0.05) is 24.0 Å². The molecular weight excluding hydrogens is 306 g/mol. The zero-order chi connectivity index (χ0) is 17.5. The van der Waals surface area contributed by atoms with Gasteiger partial charge in [0.1, 0.15) is 11.5 Å². The molecule has 0 saturated heterocycles. The minimum Gasteiger partial charge on any atom is -0.468 e. The van der Waals surface area contributed by atoms with E-state index >= 15 is 0 Å². The van der Waals surface area contributed by atoms with E-state index in [0.717, 1.165) is 23.4 Å². The Hall–Kier alpha value is -2.17. The highest BCUT2D eigenvalue weighted by Crippen LogP contribution is 2.61. The zero-order valence-corrected chi connectivity index (χ0v) is 14.6. The molecule has 5 nitrogen and oxygen atoms in total. The molecule has 0 fully saturated rings. The largest absolute Gasteiger partial charge is 0.468 e. The number of hydrogen-bond donors (Lipinski definition) is 0. The van der Waals surface area contributed by atoms with Crippen LogP contribution in [0.2, 0.25) is 0 Å². The predicted molar refractivity (Wildman–Crippen MR) is 88.6 cm³/mol. The molecule has 0 aliphatic heterocycles. The minimum absolute atomic E-state index is 0.243. The third-order valence-electron chi connectivity index (χ3n) is 5.31. The molecule has 3 rings (SSSR count). The molecule has 5 heteroatoms. The smallest absolute Gasteiger partial charge is 0.319 e. The average molecular weight is 329 g/mol. The normalized spacial score (nSPS) is 29.9. The Bertz CT molecular complexity index is 726. The molecule has 0 spiro atoms. The van der Waals surface area contributed by atoms with Crippen LogP contribution in [0.1, 0.15) is 50.1 Å².